The first-order chi connectivity index (χ1) is 13.7. The Morgan fingerprint density at radius 1 is 1.07 bits per heavy atom. The summed E-state index contributed by atoms with van der Waals surface area (Å²) in [6.45, 7) is 5.33. The highest BCUT2D eigenvalue weighted by atomic mass is 32.1. The molecule has 0 amide bonds. The zero-order valence-electron chi connectivity index (χ0n) is 16.2. The lowest BCUT2D eigenvalue weighted by molar-refractivity contribution is -0.141. The van der Waals surface area contributed by atoms with Gasteiger partial charge in [-0.3, -0.25) is 0 Å². The Morgan fingerprint density at radius 3 is 2.38 bits per heavy atom. The second-order valence-electron chi connectivity index (χ2n) is 6.55. The molecule has 0 atom stereocenters. The summed E-state index contributed by atoms with van der Waals surface area (Å²) in [5.74, 6) is 0.558. The van der Waals surface area contributed by atoms with Gasteiger partial charge in [-0.15, -0.1) is 0 Å². The topological polar surface area (TPSA) is 56.5 Å². The van der Waals surface area contributed by atoms with Gasteiger partial charge in [-0.05, 0) is 50.1 Å². The van der Waals surface area contributed by atoms with Gasteiger partial charge >= 0.3 is 6.18 Å². The van der Waals surface area contributed by atoms with Crippen LogP contribution in [0.15, 0.2) is 40.8 Å². The molecule has 5 nitrogen and oxygen atoms in total. The minimum atomic E-state index is -4.61. The lowest BCUT2D eigenvalue weighted by Gasteiger charge is -2.14. The van der Waals surface area contributed by atoms with Crippen LogP contribution in [-0.2, 0) is 17.6 Å². The minimum absolute atomic E-state index is 0.0523. The Morgan fingerprint density at radius 2 is 1.76 bits per heavy atom. The van der Waals surface area contributed by atoms with Crippen LogP contribution in [0.3, 0.4) is 0 Å². The Hall–Kier alpha value is -2.94. The van der Waals surface area contributed by atoms with E-state index in [9.17, 15) is 17.4 Å². The van der Waals surface area contributed by atoms with Crippen molar-refractivity contribution >= 4 is 17.2 Å². The van der Waals surface area contributed by atoms with E-state index in [1.807, 2.05) is 6.92 Å². The van der Waals surface area contributed by atoms with Gasteiger partial charge in [-0.1, -0.05) is 18.2 Å². The van der Waals surface area contributed by atoms with Crippen LogP contribution >= 0.6 is 0 Å². The van der Waals surface area contributed by atoms with Crippen LogP contribution in [0, 0.1) is 20.8 Å². The van der Waals surface area contributed by atoms with E-state index in [1.54, 1.807) is 44.2 Å². The van der Waals surface area contributed by atoms with E-state index >= 15 is 0 Å². The highest BCUT2D eigenvalue weighted by Crippen LogP contribution is 2.37. The van der Waals surface area contributed by atoms with E-state index in [0.717, 1.165) is 17.2 Å². The van der Waals surface area contributed by atoms with E-state index in [2.05, 4.69) is 9.46 Å². The molecule has 0 saturated heterocycles. The van der Waals surface area contributed by atoms with Crippen LogP contribution in [-0.4, -0.2) is 21.1 Å². The van der Waals surface area contributed by atoms with Crippen LogP contribution in [0.2, 0.25) is 0 Å². The monoisotopic (exact) mass is 421 g/mol. The van der Waals surface area contributed by atoms with Crippen LogP contribution in [0.5, 0.6) is 5.75 Å². The molecule has 1 heterocycles. The fourth-order valence-corrected chi connectivity index (χ4v) is 3.48. The smallest absolute Gasteiger partial charge is 0.435 e. The molecular weight excluding hydrogens is 403 g/mol. The third-order valence-corrected chi connectivity index (χ3v) is 4.92. The quantitative estimate of drug-likeness (QED) is 0.557. The van der Waals surface area contributed by atoms with Gasteiger partial charge in [0.25, 0.3) is 0 Å². The van der Waals surface area contributed by atoms with Gasteiger partial charge in [-0.25, -0.2) is 4.68 Å². The van der Waals surface area contributed by atoms with Crippen molar-refractivity contribution in [3.63, 3.8) is 0 Å². The van der Waals surface area contributed by atoms with E-state index in [1.165, 1.54) is 11.8 Å². The normalized spacial score (nSPS) is 11.4. The van der Waals surface area contributed by atoms with Crippen molar-refractivity contribution in [3.05, 3.63) is 58.8 Å². The van der Waals surface area contributed by atoms with E-state index in [4.69, 9.17) is 4.74 Å². The van der Waals surface area contributed by atoms with Gasteiger partial charge in [0.2, 0.25) is 11.5 Å². The number of benzene rings is 2. The molecule has 0 bridgehead atoms. The second kappa shape index (κ2) is 7.82. The zero-order valence-corrected chi connectivity index (χ0v) is 17.0. The average molecular weight is 421 g/mol. The molecule has 3 aromatic rings. The molecule has 0 unspecified atom stereocenters. The number of halogens is 3. The van der Waals surface area contributed by atoms with Crippen molar-refractivity contribution in [2.24, 2.45) is 4.36 Å². The van der Waals surface area contributed by atoms with Crippen molar-refractivity contribution in [1.82, 2.24) is 9.78 Å². The maximum atomic E-state index is 13.4. The van der Waals surface area contributed by atoms with Crippen LogP contribution in [0.1, 0.15) is 22.4 Å². The molecule has 3 rings (SSSR count). The molecule has 0 spiro atoms. The first kappa shape index (κ1) is 20.8. The van der Waals surface area contributed by atoms with Gasteiger partial charge in [0.1, 0.15) is 5.75 Å². The summed E-state index contributed by atoms with van der Waals surface area (Å²) >= 11 is 0.0523. The second-order valence-corrected chi connectivity index (χ2v) is 6.88. The molecule has 0 aliphatic carbocycles. The summed E-state index contributed by atoms with van der Waals surface area (Å²) in [4.78, 5) is 0. The molecule has 0 fully saturated rings. The standard InChI is InChI=1S/C20H18F3N3O2S/c1-11-5-7-14(9-17(11)28-4)16-10-18(20(21,22)23)24-26(16)15-8-6-12(2)19(13(15)3)25-29-27/h5-10H,1-4H3. The molecule has 2 aromatic carbocycles. The van der Waals surface area contributed by atoms with Gasteiger partial charge in [0, 0.05) is 11.1 Å². The molecule has 0 aliphatic rings. The molecule has 1 aromatic heterocycles. The number of aryl methyl sites for hydroxylation is 2. The lowest BCUT2D eigenvalue weighted by atomic mass is 10.1. The summed E-state index contributed by atoms with van der Waals surface area (Å²) in [7, 11) is 1.50. The molecule has 0 saturated carbocycles. The van der Waals surface area contributed by atoms with E-state index in [-0.39, 0.29) is 17.2 Å². The van der Waals surface area contributed by atoms with Gasteiger partial charge < -0.3 is 4.74 Å². The molecular formula is C20H18F3N3O2S. The predicted molar refractivity (Wildman–Crippen MR) is 105 cm³/mol. The highest BCUT2D eigenvalue weighted by molar-refractivity contribution is 7.54. The predicted octanol–water partition coefficient (Wildman–Crippen LogP) is 5.52. The number of hydrogen-bond donors (Lipinski definition) is 0. The fourth-order valence-electron chi connectivity index (χ4n) is 3.12. The van der Waals surface area contributed by atoms with Crippen LogP contribution in [0.4, 0.5) is 18.9 Å². The zero-order chi connectivity index (χ0) is 21.3. The number of rotatable bonds is 4. The maximum absolute atomic E-state index is 13.4. The first-order valence-electron chi connectivity index (χ1n) is 8.60. The van der Waals surface area contributed by atoms with Crippen molar-refractivity contribution in [1.29, 1.82) is 0 Å². The third-order valence-electron chi connectivity index (χ3n) is 4.66. The molecule has 0 radical (unpaired) electrons. The van der Waals surface area contributed by atoms with Crippen molar-refractivity contribution in [2.75, 3.05) is 7.11 Å². The van der Waals surface area contributed by atoms with Gasteiger partial charge in [0.05, 0.1) is 24.2 Å². The Bertz CT molecular complexity index is 1130. The van der Waals surface area contributed by atoms with Crippen molar-refractivity contribution < 1.29 is 22.1 Å². The molecule has 0 N–H and O–H groups in total. The Labute approximate surface area is 169 Å². The average Bonchev–Trinajstić information content (AvgIpc) is 3.11. The van der Waals surface area contributed by atoms with Crippen molar-refractivity contribution in [3.8, 4) is 22.7 Å². The first-order valence-corrected chi connectivity index (χ1v) is 9.30. The summed E-state index contributed by atoms with van der Waals surface area (Å²) in [6, 6.07) is 9.53. The van der Waals surface area contributed by atoms with Crippen LogP contribution in [0.25, 0.3) is 16.9 Å². The summed E-state index contributed by atoms with van der Waals surface area (Å²) in [6.07, 6.45) is -4.61. The summed E-state index contributed by atoms with van der Waals surface area (Å²) in [5.41, 5.74) is 2.77. The summed E-state index contributed by atoms with van der Waals surface area (Å²) in [5, 5.41) is 3.82. The third kappa shape index (κ3) is 3.95. The molecule has 29 heavy (non-hydrogen) atoms. The summed E-state index contributed by atoms with van der Waals surface area (Å²) < 4.78 is 61.6. The highest BCUT2D eigenvalue weighted by Gasteiger charge is 2.35. The van der Waals surface area contributed by atoms with Crippen molar-refractivity contribution in [2.45, 2.75) is 26.9 Å². The number of nitrogens with zero attached hydrogens (tertiary/aromatic N) is 3. The SMILES string of the molecule is COc1cc(-c2cc(C(F)(F)F)nn2-c2ccc(C)c(N=S=O)c2C)ccc1C. The minimum Gasteiger partial charge on any atom is -0.496 e. The number of methoxy groups -OCH3 is 1. The maximum Gasteiger partial charge on any atom is 0.435 e. The lowest BCUT2D eigenvalue weighted by Crippen LogP contribution is -2.08. The fraction of sp³-hybridized carbons (Fsp3) is 0.250. The Balaban J connectivity index is 2.32. The molecule has 0 aliphatic heterocycles. The number of alkyl halides is 3. The molecule has 152 valence electrons. The van der Waals surface area contributed by atoms with Gasteiger partial charge in [0.15, 0.2) is 5.69 Å². The largest absolute Gasteiger partial charge is 0.496 e. The van der Waals surface area contributed by atoms with Crippen LogP contribution < -0.4 is 4.74 Å². The molecule has 9 heteroatoms. The number of aromatic nitrogens is 2. The Kier molecular flexibility index (Phi) is 5.61. The van der Waals surface area contributed by atoms with E-state index < -0.39 is 11.9 Å². The van der Waals surface area contributed by atoms with Gasteiger partial charge in [-0.2, -0.15) is 26.8 Å². The number of hydrogen-bond acceptors (Lipinski definition) is 4. The van der Waals surface area contributed by atoms with E-state index in [0.29, 0.717) is 28.3 Å². The number of ether oxygens (including phenoxy) is 1.